The molecule has 2 fully saturated rings. The van der Waals surface area contributed by atoms with E-state index in [1.54, 1.807) is 0 Å². The molecule has 1 amide bonds. The lowest BCUT2D eigenvalue weighted by Crippen LogP contribution is -2.46. The Morgan fingerprint density at radius 2 is 1.95 bits per heavy atom. The van der Waals surface area contributed by atoms with Crippen LogP contribution in [0, 0.1) is 0 Å². The monoisotopic (exact) mass is 302 g/mol. The Bertz CT molecular complexity index is 557. The molecule has 2 saturated carbocycles. The van der Waals surface area contributed by atoms with Gasteiger partial charge in [0.05, 0.1) is 6.04 Å². The zero-order chi connectivity index (χ0) is 15.1. The quantitative estimate of drug-likeness (QED) is 0.933. The highest BCUT2D eigenvalue weighted by Gasteiger charge is 2.34. The number of carbonyl (C=O) groups excluding carboxylic acids is 1. The second-order valence-corrected chi connectivity index (χ2v) is 7.13. The van der Waals surface area contributed by atoms with Crippen molar-refractivity contribution in [3.63, 3.8) is 0 Å². The van der Waals surface area contributed by atoms with Gasteiger partial charge in [-0.05, 0) is 32.6 Å². The van der Waals surface area contributed by atoms with Gasteiger partial charge in [0.2, 0.25) is 0 Å². The topological polar surface area (TPSA) is 50.2 Å². The summed E-state index contributed by atoms with van der Waals surface area (Å²) < 4.78 is 2.18. The van der Waals surface area contributed by atoms with Crippen LogP contribution in [0.15, 0.2) is 6.20 Å². The van der Waals surface area contributed by atoms with Crippen LogP contribution in [0.3, 0.4) is 0 Å². The number of carbonyl (C=O) groups is 1. The molecule has 5 heteroatoms. The maximum absolute atomic E-state index is 12.4. The maximum atomic E-state index is 12.4. The van der Waals surface area contributed by atoms with Crippen molar-refractivity contribution in [2.45, 2.75) is 76.5 Å². The average molecular weight is 302 g/mol. The van der Waals surface area contributed by atoms with Crippen molar-refractivity contribution in [3.05, 3.63) is 17.7 Å². The Morgan fingerprint density at radius 1 is 1.18 bits per heavy atom. The van der Waals surface area contributed by atoms with E-state index in [4.69, 9.17) is 0 Å². The first-order chi connectivity index (χ1) is 10.7. The van der Waals surface area contributed by atoms with Gasteiger partial charge in [0.25, 0.3) is 5.91 Å². The summed E-state index contributed by atoms with van der Waals surface area (Å²) in [4.78, 5) is 19.7. The zero-order valence-corrected chi connectivity index (χ0v) is 13.4. The summed E-state index contributed by atoms with van der Waals surface area (Å²) in [7, 11) is 0. The average Bonchev–Trinajstić information content (AvgIpc) is 3.09. The van der Waals surface area contributed by atoms with Crippen LogP contribution >= 0.6 is 0 Å². The summed E-state index contributed by atoms with van der Waals surface area (Å²) in [6.07, 6.45) is 10.7. The molecule has 1 N–H and O–H groups in total. The number of hydrogen-bond donors (Lipinski definition) is 1. The molecule has 0 spiro atoms. The molecule has 2 heterocycles. The molecule has 0 saturated heterocycles. The van der Waals surface area contributed by atoms with Gasteiger partial charge in [-0.25, -0.2) is 4.98 Å². The molecule has 0 bridgehead atoms. The van der Waals surface area contributed by atoms with Crippen LogP contribution in [0.2, 0.25) is 0 Å². The Balaban J connectivity index is 1.48. The lowest BCUT2D eigenvalue weighted by Gasteiger charge is -2.43. The number of amides is 1. The molecule has 1 aromatic heterocycles. The summed E-state index contributed by atoms with van der Waals surface area (Å²) >= 11 is 0. The van der Waals surface area contributed by atoms with E-state index in [0.29, 0.717) is 17.8 Å². The number of rotatable bonds is 3. The summed E-state index contributed by atoms with van der Waals surface area (Å²) in [5, 5.41) is 3.15. The highest BCUT2D eigenvalue weighted by Crippen LogP contribution is 2.34. The SMILES string of the molecule is CC1c2nc(C(=O)NC3CCCC3)cn2CCN1C1CCC1. The molecule has 4 rings (SSSR count). The minimum atomic E-state index is 0.0104. The van der Waals surface area contributed by atoms with Crippen molar-refractivity contribution in [2.75, 3.05) is 6.54 Å². The van der Waals surface area contributed by atoms with Gasteiger partial charge in [-0.15, -0.1) is 0 Å². The highest BCUT2D eigenvalue weighted by molar-refractivity contribution is 5.92. The van der Waals surface area contributed by atoms with Gasteiger partial charge < -0.3 is 9.88 Å². The second-order valence-electron chi connectivity index (χ2n) is 7.13. The standard InChI is InChI=1S/C17H26N4O/c1-12-16-19-15(17(22)18-13-5-2-3-6-13)11-20(16)9-10-21(12)14-7-4-8-14/h11-14H,2-10H2,1H3,(H,18,22). The third-order valence-corrected chi connectivity index (χ3v) is 5.74. The molecule has 3 aliphatic rings. The number of aromatic nitrogens is 2. The molecule has 2 aliphatic carbocycles. The molecule has 0 aromatic carbocycles. The lowest BCUT2D eigenvalue weighted by atomic mass is 9.90. The van der Waals surface area contributed by atoms with Crippen LogP contribution in [0.25, 0.3) is 0 Å². The van der Waals surface area contributed by atoms with Gasteiger partial charge in [-0.1, -0.05) is 19.3 Å². The fourth-order valence-electron chi connectivity index (χ4n) is 4.16. The van der Waals surface area contributed by atoms with Crippen LogP contribution in [0.5, 0.6) is 0 Å². The van der Waals surface area contributed by atoms with Crippen molar-refractivity contribution in [1.82, 2.24) is 19.8 Å². The van der Waals surface area contributed by atoms with Crippen LogP contribution in [-0.4, -0.2) is 39.0 Å². The second kappa shape index (κ2) is 5.69. The van der Waals surface area contributed by atoms with E-state index in [-0.39, 0.29) is 5.91 Å². The molecule has 1 unspecified atom stereocenters. The normalized spacial score (nSPS) is 26.7. The van der Waals surface area contributed by atoms with Crippen LogP contribution in [-0.2, 0) is 6.54 Å². The molecule has 120 valence electrons. The number of nitrogens with one attached hydrogen (secondary N) is 1. The minimum absolute atomic E-state index is 0.0104. The highest BCUT2D eigenvalue weighted by atomic mass is 16.2. The largest absolute Gasteiger partial charge is 0.348 e. The first kappa shape index (κ1) is 14.2. The molecular formula is C17H26N4O. The van der Waals surface area contributed by atoms with E-state index < -0.39 is 0 Å². The predicted octanol–water partition coefficient (Wildman–Crippen LogP) is 2.48. The van der Waals surface area contributed by atoms with Crippen molar-refractivity contribution in [2.24, 2.45) is 0 Å². The fraction of sp³-hybridized carbons (Fsp3) is 0.765. The number of imidazole rings is 1. The molecular weight excluding hydrogens is 276 g/mol. The number of hydrogen-bond acceptors (Lipinski definition) is 3. The predicted molar refractivity (Wildman–Crippen MR) is 84.7 cm³/mol. The number of nitrogens with zero attached hydrogens (tertiary/aromatic N) is 3. The summed E-state index contributed by atoms with van der Waals surface area (Å²) in [6.45, 7) is 4.27. The van der Waals surface area contributed by atoms with E-state index in [0.717, 1.165) is 37.8 Å². The van der Waals surface area contributed by atoms with Gasteiger partial charge in [0.1, 0.15) is 11.5 Å². The summed E-state index contributed by atoms with van der Waals surface area (Å²) in [5.41, 5.74) is 0.601. The Hall–Kier alpha value is -1.36. The zero-order valence-electron chi connectivity index (χ0n) is 13.4. The van der Waals surface area contributed by atoms with E-state index in [2.05, 4.69) is 26.7 Å². The molecule has 0 radical (unpaired) electrons. The van der Waals surface area contributed by atoms with Crippen molar-refractivity contribution < 1.29 is 4.79 Å². The van der Waals surface area contributed by atoms with Gasteiger partial charge >= 0.3 is 0 Å². The van der Waals surface area contributed by atoms with Gasteiger partial charge in [-0.2, -0.15) is 0 Å². The van der Waals surface area contributed by atoms with Crippen molar-refractivity contribution >= 4 is 5.91 Å². The smallest absolute Gasteiger partial charge is 0.271 e. The Kier molecular flexibility index (Phi) is 3.68. The molecule has 5 nitrogen and oxygen atoms in total. The molecule has 1 atom stereocenters. The van der Waals surface area contributed by atoms with Gasteiger partial charge in [-0.3, -0.25) is 9.69 Å². The van der Waals surface area contributed by atoms with E-state index >= 15 is 0 Å². The Labute approximate surface area is 132 Å². The van der Waals surface area contributed by atoms with Gasteiger partial charge in [0, 0.05) is 31.4 Å². The first-order valence-corrected chi connectivity index (χ1v) is 8.86. The molecule has 1 aromatic rings. The summed E-state index contributed by atoms with van der Waals surface area (Å²) in [6, 6.07) is 1.42. The minimum Gasteiger partial charge on any atom is -0.348 e. The lowest BCUT2D eigenvalue weighted by molar-refractivity contribution is 0.0614. The first-order valence-electron chi connectivity index (χ1n) is 8.86. The van der Waals surface area contributed by atoms with E-state index in [1.165, 1.54) is 32.1 Å². The Morgan fingerprint density at radius 3 is 2.64 bits per heavy atom. The maximum Gasteiger partial charge on any atom is 0.271 e. The van der Waals surface area contributed by atoms with Crippen LogP contribution in [0.4, 0.5) is 0 Å². The van der Waals surface area contributed by atoms with Gasteiger partial charge in [0.15, 0.2) is 0 Å². The fourth-order valence-corrected chi connectivity index (χ4v) is 4.16. The van der Waals surface area contributed by atoms with Crippen LogP contribution < -0.4 is 5.32 Å². The van der Waals surface area contributed by atoms with E-state index in [1.807, 2.05) is 6.20 Å². The van der Waals surface area contributed by atoms with Crippen molar-refractivity contribution in [3.8, 4) is 0 Å². The third kappa shape index (κ3) is 2.45. The number of fused-ring (bicyclic) bond motifs is 1. The summed E-state index contributed by atoms with van der Waals surface area (Å²) in [5.74, 6) is 1.07. The third-order valence-electron chi connectivity index (χ3n) is 5.74. The molecule has 22 heavy (non-hydrogen) atoms. The van der Waals surface area contributed by atoms with E-state index in [9.17, 15) is 4.79 Å². The van der Waals surface area contributed by atoms with Crippen LogP contribution in [0.1, 0.15) is 74.2 Å². The van der Waals surface area contributed by atoms with Crippen molar-refractivity contribution in [1.29, 1.82) is 0 Å². The molecule has 1 aliphatic heterocycles.